The predicted molar refractivity (Wildman–Crippen MR) is 174 cm³/mol. The van der Waals surface area contributed by atoms with Crippen molar-refractivity contribution in [2.45, 2.75) is 102 Å². The molecule has 0 amide bonds. The summed E-state index contributed by atoms with van der Waals surface area (Å²) in [6.45, 7) is 12.3. The van der Waals surface area contributed by atoms with Gasteiger partial charge in [0, 0.05) is 37.7 Å². The first-order valence-electron chi connectivity index (χ1n) is 16.8. The molecule has 3 aliphatic rings. The molecule has 3 saturated heterocycles. The van der Waals surface area contributed by atoms with E-state index in [1.807, 2.05) is 20.8 Å². The Morgan fingerprint density at radius 1 is 1.20 bits per heavy atom. The highest BCUT2D eigenvalue weighted by atomic mass is 16.7. The average Bonchev–Trinajstić information content (AvgIpc) is 3.45. The van der Waals surface area contributed by atoms with E-state index in [1.165, 1.54) is 38.8 Å². The van der Waals surface area contributed by atoms with Gasteiger partial charge in [-0.2, -0.15) is 5.10 Å². The fraction of sp³-hybridized carbons (Fsp3) is 0.657. The first-order chi connectivity index (χ1) is 22.0. The predicted octanol–water partition coefficient (Wildman–Crippen LogP) is 2.49. The van der Waals surface area contributed by atoms with Crippen LogP contribution in [0.2, 0.25) is 0 Å². The zero-order valence-corrected chi connectivity index (χ0v) is 27.7. The molecular weight excluding hydrogens is 588 g/mol. The molecule has 46 heavy (non-hydrogen) atoms. The van der Waals surface area contributed by atoms with Crippen LogP contribution >= 0.6 is 0 Å². The van der Waals surface area contributed by atoms with Gasteiger partial charge in [0.05, 0.1) is 6.61 Å². The molecule has 11 nitrogen and oxygen atoms in total. The number of ether oxygens (including phenoxy) is 2. The molecule has 0 bridgehead atoms. The SMILES string of the molecule is CC(=O)O[C@]1(c2n[nH]c(C(C)C)c2Cc2ccc(/C=C/CCN3CCCC4(CCNCC4)C3)cc2C)O[C@H](CO)[C@@H](O)[C@H](O)[C@H]1O. The number of aromatic amines is 1. The van der Waals surface area contributed by atoms with Gasteiger partial charge in [0.15, 0.2) is 6.10 Å². The number of aryl methyl sites for hydroxylation is 1. The molecule has 3 fully saturated rings. The highest BCUT2D eigenvalue weighted by Gasteiger charge is 2.59. The molecule has 0 unspecified atom stereocenters. The third-order valence-corrected chi connectivity index (χ3v) is 10.1. The minimum Gasteiger partial charge on any atom is -0.424 e. The topological polar surface area (TPSA) is 160 Å². The van der Waals surface area contributed by atoms with Crippen LogP contribution < -0.4 is 5.32 Å². The van der Waals surface area contributed by atoms with Gasteiger partial charge in [-0.25, -0.2) is 0 Å². The van der Waals surface area contributed by atoms with Crippen molar-refractivity contribution in [1.82, 2.24) is 20.4 Å². The number of H-pyrrole nitrogens is 1. The summed E-state index contributed by atoms with van der Waals surface area (Å²) < 4.78 is 11.5. The summed E-state index contributed by atoms with van der Waals surface area (Å²) in [4.78, 5) is 15.0. The van der Waals surface area contributed by atoms with E-state index in [9.17, 15) is 25.2 Å². The van der Waals surface area contributed by atoms with Crippen molar-refractivity contribution in [3.63, 3.8) is 0 Å². The standard InChI is InChI=1S/C35H52N4O7/c1-22(2)29-27(32(38-37-29)35(45-24(4)41)33(44)31(43)30(42)28(20-40)46-35)19-26-10-9-25(18-23(26)3)8-5-6-16-39-17-7-11-34(21-39)12-14-36-15-13-34/h5,8-10,18,22,28,30-31,33,36,40,42-44H,6-7,11-17,19-21H2,1-4H3,(H,37,38)/b8-5+/t28-,30-,31+,33-,35-/m1/s1. The van der Waals surface area contributed by atoms with Gasteiger partial charge in [-0.05, 0) is 86.7 Å². The number of aliphatic hydroxyl groups excluding tert-OH is 4. The molecule has 0 radical (unpaired) electrons. The second-order valence-electron chi connectivity index (χ2n) is 13.8. The molecule has 5 rings (SSSR count). The fourth-order valence-corrected chi connectivity index (χ4v) is 7.56. The molecule has 4 heterocycles. The Morgan fingerprint density at radius 2 is 1.96 bits per heavy atom. The molecule has 5 atom stereocenters. The first kappa shape index (κ1) is 34.7. The number of likely N-dealkylation sites (tertiary alicyclic amines) is 1. The highest BCUT2D eigenvalue weighted by Crippen LogP contribution is 2.43. The quantitative estimate of drug-likeness (QED) is 0.213. The largest absolute Gasteiger partial charge is 0.424 e. The highest BCUT2D eigenvalue weighted by molar-refractivity contribution is 5.67. The van der Waals surface area contributed by atoms with E-state index in [1.54, 1.807) is 0 Å². The van der Waals surface area contributed by atoms with Crippen LogP contribution in [0.4, 0.5) is 0 Å². The fourth-order valence-electron chi connectivity index (χ4n) is 7.56. The van der Waals surface area contributed by atoms with Crippen LogP contribution in [0.3, 0.4) is 0 Å². The van der Waals surface area contributed by atoms with Crippen LogP contribution in [0.15, 0.2) is 24.3 Å². The lowest BCUT2D eigenvalue weighted by atomic mass is 9.73. The van der Waals surface area contributed by atoms with Crippen molar-refractivity contribution in [3.8, 4) is 0 Å². The van der Waals surface area contributed by atoms with Crippen molar-refractivity contribution in [3.05, 3.63) is 57.9 Å². The maximum Gasteiger partial charge on any atom is 0.305 e. The molecule has 1 aromatic heterocycles. The van der Waals surface area contributed by atoms with Gasteiger partial charge in [-0.1, -0.05) is 44.2 Å². The van der Waals surface area contributed by atoms with E-state index >= 15 is 0 Å². The maximum absolute atomic E-state index is 12.3. The minimum absolute atomic E-state index is 0.0115. The molecule has 11 heteroatoms. The lowest BCUT2D eigenvalue weighted by molar-refractivity contribution is -0.361. The molecular formula is C35H52N4O7. The van der Waals surface area contributed by atoms with Crippen LogP contribution in [0.1, 0.15) is 92.4 Å². The molecule has 0 saturated carbocycles. The number of hydrogen-bond donors (Lipinski definition) is 6. The van der Waals surface area contributed by atoms with E-state index in [4.69, 9.17) is 9.47 Å². The van der Waals surface area contributed by atoms with Gasteiger partial charge in [0.2, 0.25) is 0 Å². The van der Waals surface area contributed by atoms with E-state index in [-0.39, 0.29) is 11.6 Å². The molecule has 3 aliphatic heterocycles. The van der Waals surface area contributed by atoms with Crippen molar-refractivity contribution >= 4 is 12.0 Å². The van der Waals surface area contributed by atoms with Crippen molar-refractivity contribution in [2.75, 3.05) is 39.3 Å². The van der Waals surface area contributed by atoms with Gasteiger partial charge in [0.25, 0.3) is 5.79 Å². The maximum atomic E-state index is 12.3. The van der Waals surface area contributed by atoms with E-state index < -0.39 is 42.8 Å². The van der Waals surface area contributed by atoms with E-state index in [2.05, 4.69) is 50.8 Å². The lowest BCUT2D eigenvalue weighted by Gasteiger charge is -2.46. The smallest absolute Gasteiger partial charge is 0.305 e. The van der Waals surface area contributed by atoms with E-state index in [0.29, 0.717) is 17.4 Å². The van der Waals surface area contributed by atoms with Gasteiger partial charge in [-0.15, -0.1) is 0 Å². The lowest BCUT2D eigenvalue weighted by Crippen LogP contribution is -2.65. The van der Waals surface area contributed by atoms with Crippen LogP contribution in [0, 0.1) is 12.3 Å². The third kappa shape index (κ3) is 7.26. The van der Waals surface area contributed by atoms with E-state index in [0.717, 1.165) is 55.4 Å². The number of aliphatic hydroxyl groups is 4. The summed E-state index contributed by atoms with van der Waals surface area (Å²) >= 11 is 0. The summed E-state index contributed by atoms with van der Waals surface area (Å²) in [5.74, 6) is -3.03. The summed E-state index contributed by atoms with van der Waals surface area (Å²) in [5, 5.41) is 53.2. The summed E-state index contributed by atoms with van der Waals surface area (Å²) in [5.41, 5.74) is 5.17. The summed E-state index contributed by atoms with van der Waals surface area (Å²) in [6.07, 6.45) is 4.50. The van der Waals surface area contributed by atoms with Gasteiger partial charge in [-0.3, -0.25) is 9.89 Å². The Balaban J connectivity index is 1.33. The molecule has 254 valence electrons. The second-order valence-corrected chi connectivity index (χ2v) is 13.8. The Hall–Kier alpha value is -2.64. The monoisotopic (exact) mass is 640 g/mol. The number of carbonyl (C=O) groups excluding carboxylic acids is 1. The van der Waals surface area contributed by atoms with Crippen LogP contribution in [0.25, 0.3) is 6.08 Å². The zero-order chi connectivity index (χ0) is 33.1. The second kappa shape index (κ2) is 14.6. The number of carbonyl (C=O) groups is 1. The van der Waals surface area contributed by atoms with Crippen molar-refractivity contribution in [1.29, 1.82) is 0 Å². The Morgan fingerprint density at radius 3 is 2.63 bits per heavy atom. The Kier molecular flexibility index (Phi) is 11.0. The number of aromatic nitrogens is 2. The number of nitrogens with one attached hydrogen (secondary N) is 2. The molecule has 1 aromatic carbocycles. The number of benzene rings is 1. The van der Waals surface area contributed by atoms with Crippen molar-refractivity contribution < 1.29 is 34.7 Å². The number of rotatable bonds is 10. The van der Waals surface area contributed by atoms with Gasteiger partial charge < -0.3 is 40.1 Å². The number of hydrogen-bond acceptors (Lipinski definition) is 10. The molecule has 2 aromatic rings. The summed E-state index contributed by atoms with van der Waals surface area (Å²) in [7, 11) is 0. The molecule has 0 aliphatic carbocycles. The number of piperidine rings is 2. The van der Waals surface area contributed by atoms with Crippen molar-refractivity contribution in [2.24, 2.45) is 5.41 Å². The average molecular weight is 641 g/mol. The minimum atomic E-state index is -2.24. The molecule has 1 spiro atoms. The number of esters is 1. The van der Waals surface area contributed by atoms with Gasteiger partial charge >= 0.3 is 5.97 Å². The van der Waals surface area contributed by atoms with Crippen LogP contribution in [-0.4, -0.2) is 105 Å². The third-order valence-electron chi connectivity index (χ3n) is 10.1. The van der Waals surface area contributed by atoms with Crippen LogP contribution in [-0.2, 0) is 26.5 Å². The summed E-state index contributed by atoms with van der Waals surface area (Å²) in [6, 6.07) is 6.28. The van der Waals surface area contributed by atoms with Crippen LogP contribution in [0.5, 0.6) is 0 Å². The molecule has 6 N–H and O–H groups in total. The normalized spacial score (nSPS) is 28.7. The number of nitrogens with zero attached hydrogens (tertiary/aromatic N) is 2. The van der Waals surface area contributed by atoms with Gasteiger partial charge in [0.1, 0.15) is 24.0 Å². The first-order valence-corrected chi connectivity index (χ1v) is 16.8. The Labute approximate surface area is 272 Å². The zero-order valence-electron chi connectivity index (χ0n) is 27.7. The Bertz CT molecular complexity index is 1360.